The third-order valence-electron chi connectivity index (χ3n) is 3.84. The van der Waals surface area contributed by atoms with Crippen LogP contribution in [0.1, 0.15) is 27.8 Å². The van der Waals surface area contributed by atoms with Gasteiger partial charge in [-0.15, -0.1) is 0 Å². The predicted octanol–water partition coefficient (Wildman–Crippen LogP) is 3.44. The van der Waals surface area contributed by atoms with Crippen molar-refractivity contribution in [1.29, 1.82) is 0 Å². The van der Waals surface area contributed by atoms with Gasteiger partial charge in [0.1, 0.15) is 16.9 Å². The number of para-hydroxylation sites is 2. The van der Waals surface area contributed by atoms with E-state index in [1.54, 1.807) is 42.5 Å². The Labute approximate surface area is 154 Å². The standard InChI is InChI=1S/C20H17NO6/c1-12(22)19-18(13-7-3-6-10-16(13)27-19)21-17(23)11-26-20(24)14-8-4-5-9-15(14)25-2/h3-10H,11H2,1-2H3,(H,21,23). The second-order valence-electron chi connectivity index (χ2n) is 5.68. The topological polar surface area (TPSA) is 94.8 Å². The van der Waals surface area contributed by atoms with Crippen LogP contribution in [0.4, 0.5) is 5.69 Å². The van der Waals surface area contributed by atoms with Gasteiger partial charge in [-0.1, -0.05) is 24.3 Å². The summed E-state index contributed by atoms with van der Waals surface area (Å²) in [5, 5.41) is 3.18. The lowest BCUT2D eigenvalue weighted by Gasteiger charge is -2.09. The number of nitrogens with one attached hydrogen (secondary N) is 1. The van der Waals surface area contributed by atoms with Gasteiger partial charge in [0.25, 0.3) is 5.91 Å². The first-order chi connectivity index (χ1) is 13.0. The number of fused-ring (bicyclic) bond motifs is 1. The maximum atomic E-state index is 12.2. The van der Waals surface area contributed by atoms with Crippen LogP contribution in [0.5, 0.6) is 5.75 Å². The van der Waals surface area contributed by atoms with Gasteiger partial charge >= 0.3 is 5.97 Å². The number of hydrogen-bond donors (Lipinski definition) is 1. The number of rotatable bonds is 6. The summed E-state index contributed by atoms with van der Waals surface area (Å²) in [7, 11) is 1.44. The molecule has 0 unspecified atom stereocenters. The molecule has 1 N–H and O–H groups in total. The number of carbonyl (C=O) groups is 3. The Balaban J connectivity index is 1.73. The number of carbonyl (C=O) groups excluding carboxylic acids is 3. The van der Waals surface area contributed by atoms with E-state index in [-0.39, 0.29) is 22.8 Å². The molecule has 0 aliphatic carbocycles. The number of furan rings is 1. The number of anilines is 1. The van der Waals surface area contributed by atoms with E-state index in [0.29, 0.717) is 16.7 Å². The molecule has 1 heterocycles. The summed E-state index contributed by atoms with van der Waals surface area (Å²) in [6.45, 7) is 0.822. The number of hydrogen-bond acceptors (Lipinski definition) is 6. The summed E-state index contributed by atoms with van der Waals surface area (Å²) < 4.78 is 15.6. The average Bonchev–Trinajstić information content (AvgIpc) is 3.05. The summed E-state index contributed by atoms with van der Waals surface area (Å²) in [5.74, 6) is -1.21. The second-order valence-corrected chi connectivity index (χ2v) is 5.68. The molecule has 0 atom stereocenters. The molecule has 0 bridgehead atoms. The van der Waals surface area contributed by atoms with Gasteiger partial charge in [-0.3, -0.25) is 9.59 Å². The molecule has 138 valence electrons. The van der Waals surface area contributed by atoms with Crippen LogP contribution < -0.4 is 10.1 Å². The van der Waals surface area contributed by atoms with Gasteiger partial charge in [-0.25, -0.2) is 4.79 Å². The third kappa shape index (κ3) is 3.82. The number of esters is 1. The van der Waals surface area contributed by atoms with E-state index in [1.165, 1.54) is 20.1 Å². The Morgan fingerprint density at radius 1 is 1.04 bits per heavy atom. The monoisotopic (exact) mass is 367 g/mol. The van der Waals surface area contributed by atoms with Crippen LogP contribution in [-0.4, -0.2) is 31.4 Å². The van der Waals surface area contributed by atoms with Crippen LogP contribution in [-0.2, 0) is 9.53 Å². The average molecular weight is 367 g/mol. The van der Waals surface area contributed by atoms with Crippen molar-refractivity contribution in [3.8, 4) is 5.75 Å². The lowest BCUT2D eigenvalue weighted by molar-refractivity contribution is -0.119. The Kier molecular flexibility index (Phi) is 5.21. The molecular formula is C20H17NO6. The normalized spacial score (nSPS) is 10.4. The van der Waals surface area contributed by atoms with E-state index in [9.17, 15) is 14.4 Å². The van der Waals surface area contributed by atoms with Crippen molar-refractivity contribution in [2.45, 2.75) is 6.92 Å². The third-order valence-corrected chi connectivity index (χ3v) is 3.84. The van der Waals surface area contributed by atoms with Gasteiger partial charge in [0.05, 0.1) is 12.8 Å². The second kappa shape index (κ2) is 7.74. The van der Waals surface area contributed by atoms with Gasteiger partial charge in [0.15, 0.2) is 18.2 Å². The lowest BCUT2D eigenvalue weighted by atomic mass is 10.2. The number of amides is 1. The molecule has 0 aliphatic rings. The number of methoxy groups -OCH3 is 1. The van der Waals surface area contributed by atoms with Crippen LogP contribution in [0, 0.1) is 0 Å². The van der Waals surface area contributed by atoms with E-state index in [0.717, 1.165) is 0 Å². The zero-order valence-electron chi connectivity index (χ0n) is 14.8. The molecule has 1 amide bonds. The highest BCUT2D eigenvalue weighted by Crippen LogP contribution is 2.31. The highest BCUT2D eigenvalue weighted by molar-refractivity contribution is 6.11. The highest BCUT2D eigenvalue weighted by Gasteiger charge is 2.20. The molecule has 3 aromatic rings. The van der Waals surface area contributed by atoms with E-state index in [4.69, 9.17) is 13.9 Å². The van der Waals surface area contributed by atoms with Crippen LogP contribution in [0.3, 0.4) is 0 Å². The Bertz CT molecular complexity index is 1020. The van der Waals surface area contributed by atoms with Crippen LogP contribution in [0.25, 0.3) is 11.0 Å². The van der Waals surface area contributed by atoms with E-state index in [1.807, 2.05) is 0 Å². The first-order valence-electron chi connectivity index (χ1n) is 8.13. The fourth-order valence-electron chi connectivity index (χ4n) is 2.62. The van der Waals surface area contributed by atoms with Gasteiger partial charge in [-0.05, 0) is 24.3 Å². The molecule has 7 heteroatoms. The van der Waals surface area contributed by atoms with Gasteiger partial charge in [0.2, 0.25) is 0 Å². The van der Waals surface area contributed by atoms with E-state index >= 15 is 0 Å². The number of benzene rings is 2. The Hall–Kier alpha value is -3.61. The minimum Gasteiger partial charge on any atom is -0.496 e. The van der Waals surface area contributed by atoms with Crippen LogP contribution in [0.15, 0.2) is 52.9 Å². The van der Waals surface area contributed by atoms with Gasteiger partial charge in [-0.2, -0.15) is 0 Å². The zero-order valence-corrected chi connectivity index (χ0v) is 14.8. The van der Waals surface area contributed by atoms with Crippen molar-refractivity contribution in [3.63, 3.8) is 0 Å². The molecule has 0 saturated carbocycles. The lowest BCUT2D eigenvalue weighted by Crippen LogP contribution is -2.21. The first kappa shape index (κ1) is 18.2. The van der Waals surface area contributed by atoms with Crippen LogP contribution >= 0.6 is 0 Å². The fraction of sp³-hybridized carbons (Fsp3) is 0.150. The number of ketones is 1. The Morgan fingerprint density at radius 3 is 2.48 bits per heavy atom. The van der Waals surface area contributed by atoms with Crippen molar-refractivity contribution in [1.82, 2.24) is 0 Å². The van der Waals surface area contributed by atoms with Crippen molar-refractivity contribution in [2.75, 3.05) is 19.0 Å². The molecule has 1 aromatic heterocycles. The molecule has 0 spiro atoms. The molecule has 0 aliphatic heterocycles. The molecule has 0 saturated heterocycles. The van der Waals surface area contributed by atoms with Gasteiger partial charge in [0, 0.05) is 12.3 Å². The molecular weight excluding hydrogens is 350 g/mol. The highest BCUT2D eigenvalue weighted by atomic mass is 16.5. The smallest absolute Gasteiger partial charge is 0.342 e. The zero-order chi connectivity index (χ0) is 19.4. The molecule has 0 fully saturated rings. The van der Waals surface area contributed by atoms with Crippen molar-refractivity contribution in [3.05, 3.63) is 59.9 Å². The minimum absolute atomic E-state index is 0.0422. The summed E-state index contributed by atoms with van der Waals surface area (Å²) in [4.78, 5) is 36.2. The quantitative estimate of drug-likeness (QED) is 0.530. The molecule has 7 nitrogen and oxygen atoms in total. The summed E-state index contributed by atoms with van der Waals surface area (Å²) in [5.41, 5.74) is 0.950. The maximum absolute atomic E-state index is 12.2. The van der Waals surface area contributed by atoms with E-state index < -0.39 is 18.5 Å². The van der Waals surface area contributed by atoms with Gasteiger partial charge < -0.3 is 19.2 Å². The molecule has 0 radical (unpaired) electrons. The van der Waals surface area contributed by atoms with Crippen molar-refractivity contribution >= 4 is 34.3 Å². The number of Topliss-reactive ketones (excluding diaryl/α,β-unsaturated/α-hetero) is 1. The molecule has 2 aromatic carbocycles. The summed E-state index contributed by atoms with van der Waals surface area (Å²) in [6, 6.07) is 13.5. The molecule has 3 rings (SSSR count). The summed E-state index contributed by atoms with van der Waals surface area (Å²) >= 11 is 0. The van der Waals surface area contributed by atoms with Crippen molar-refractivity contribution < 1.29 is 28.3 Å². The van der Waals surface area contributed by atoms with E-state index in [2.05, 4.69) is 5.32 Å². The minimum atomic E-state index is -0.688. The summed E-state index contributed by atoms with van der Waals surface area (Å²) in [6.07, 6.45) is 0. The maximum Gasteiger partial charge on any atom is 0.342 e. The van der Waals surface area contributed by atoms with Crippen molar-refractivity contribution in [2.24, 2.45) is 0 Å². The van der Waals surface area contributed by atoms with Crippen LogP contribution in [0.2, 0.25) is 0 Å². The first-order valence-corrected chi connectivity index (χ1v) is 8.13. The SMILES string of the molecule is COc1ccccc1C(=O)OCC(=O)Nc1c(C(C)=O)oc2ccccc12. The number of ether oxygens (including phenoxy) is 2. The largest absolute Gasteiger partial charge is 0.496 e. The molecule has 27 heavy (non-hydrogen) atoms. The Morgan fingerprint density at radius 2 is 1.74 bits per heavy atom. The predicted molar refractivity (Wildman–Crippen MR) is 98.1 cm³/mol. The fourth-order valence-corrected chi connectivity index (χ4v) is 2.62.